The van der Waals surface area contributed by atoms with Crippen LogP contribution in [0.15, 0.2) is 34.9 Å². The van der Waals surface area contributed by atoms with Gasteiger partial charge in [-0.3, -0.25) is 9.69 Å². The maximum absolute atomic E-state index is 13.0. The Labute approximate surface area is 160 Å². The summed E-state index contributed by atoms with van der Waals surface area (Å²) in [5.74, 6) is 1.67. The number of carbonyl (C=O) groups is 1. The molecule has 6 nitrogen and oxygen atoms in total. The molecule has 1 atom stereocenters. The largest absolute Gasteiger partial charge is 0.342 e. The Morgan fingerprint density at radius 3 is 2.59 bits per heavy atom. The Bertz CT molecular complexity index is 780. The van der Waals surface area contributed by atoms with Crippen LogP contribution in [0, 0.1) is 12.3 Å². The van der Waals surface area contributed by atoms with Crippen LogP contribution in [0.25, 0.3) is 0 Å². The normalized spacial score (nSPS) is 23.1. The van der Waals surface area contributed by atoms with E-state index >= 15 is 0 Å². The molecular formula is C21H28N4O2. The number of piperidine rings is 2. The summed E-state index contributed by atoms with van der Waals surface area (Å²) in [5.41, 5.74) is 1.37. The maximum Gasteiger partial charge on any atom is 0.230 e. The third-order valence-corrected chi connectivity index (χ3v) is 6.21. The van der Waals surface area contributed by atoms with E-state index < -0.39 is 0 Å². The quantitative estimate of drug-likeness (QED) is 0.830. The molecule has 2 aliphatic rings. The van der Waals surface area contributed by atoms with Gasteiger partial charge in [0.05, 0.1) is 12.5 Å². The second-order valence-electron chi connectivity index (χ2n) is 8.03. The Morgan fingerprint density at radius 1 is 1.22 bits per heavy atom. The maximum atomic E-state index is 13.0. The van der Waals surface area contributed by atoms with Crippen molar-refractivity contribution in [2.45, 2.75) is 45.6 Å². The molecule has 2 fully saturated rings. The molecule has 144 valence electrons. The molecule has 0 N–H and O–H groups in total. The lowest BCUT2D eigenvalue weighted by atomic mass is 9.67. The summed E-state index contributed by atoms with van der Waals surface area (Å²) in [5, 5.41) is 4.02. The fourth-order valence-electron chi connectivity index (χ4n) is 4.65. The van der Waals surface area contributed by atoms with Gasteiger partial charge in [-0.1, -0.05) is 35.5 Å². The van der Waals surface area contributed by atoms with Gasteiger partial charge in [0, 0.05) is 20.0 Å². The van der Waals surface area contributed by atoms with Gasteiger partial charge in [-0.15, -0.1) is 0 Å². The first-order valence-electron chi connectivity index (χ1n) is 9.94. The van der Waals surface area contributed by atoms with Gasteiger partial charge in [0.15, 0.2) is 5.82 Å². The van der Waals surface area contributed by atoms with E-state index in [2.05, 4.69) is 39.0 Å². The van der Waals surface area contributed by atoms with Crippen LogP contribution in [0.3, 0.4) is 0 Å². The molecule has 0 unspecified atom stereocenters. The van der Waals surface area contributed by atoms with Crippen LogP contribution < -0.4 is 0 Å². The molecule has 0 saturated carbocycles. The van der Waals surface area contributed by atoms with Crippen molar-refractivity contribution >= 4 is 5.91 Å². The highest BCUT2D eigenvalue weighted by Crippen LogP contribution is 2.45. The Morgan fingerprint density at radius 2 is 1.96 bits per heavy atom. The Kier molecular flexibility index (Phi) is 5.00. The number of likely N-dealkylation sites (N-methyl/N-ethyl adjacent to an activating group) is 1. The molecule has 2 aromatic rings. The summed E-state index contributed by atoms with van der Waals surface area (Å²) in [7, 11) is 0. The number of aromatic nitrogens is 2. The molecule has 0 aliphatic carbocycles. The summed E-state index contributed by atoms with van der Waals surface area (Å²) < 4.78 is 5.09. The molecular weight excluding hydrogens is 340 g/mol. The van der Waals surface area contributed by atoms with Gasteiger partial charge in [0.1, 0.15) is 0 Å². The first-order chi connectivity index (χ1) is 13.1. The molecule has 2 aliphatic heterocycles. The van der Waals surface area contributed by atoms with E-state index in [1.807, 2.05) is 25.1 Å². The number of amides is 1. The van der Waals surface area contributed by atoms with Crippen molar-refractivity contribution in [2.24, 2.45) is 5.41 Å². The highest BCUT2D eigenvalue weighted by molar-refractivity contribution is 5.84. The van der Waals surface area contributed by atoms with Crippen molar-refractivity contribution in [1.29, 1.82) is 0 Å². The lowest BCUT2D eigenvalue weighted by Gasteiger charge is -2.49. The topological polar surface area (TPSA) is 62.5 Å². The van der Waals surface area contributed by atoms with Gasteiger partial charge in [-0.05, 0) is 50.3 Å². The predicted octanol–water partition coefficient (Wildman–Crippen LogP) is 3.00. The molecule has 0 radical (unpaired) electrons. The molecule has 0 bridgehead atoms. The molecule has 3 heterocycles. The standard InChI is InChI=1S/C21H28N4O2/c1-3-25-15-21(13-18(20(25)26)17-7-5-4-6-8-17)9-11-24(12-10-21)14-19-22-16(2)27-23-19/h4-8,18H,3,9-15H2,1-2H3/t18-/m0/s1. The number of likely N-dealkylation sites (tertiary alicyclic amines) is 2. The van der Waals surface area contributed by atoms with Crippen molar-refractivity contribution in [3.63, 3.8) is 0 Å². The lowest BCUT2D eigenvalue weighted by molar-refractivity contribution is -0.141. The zero-order valence-corrected chi connectivity index (χ0v) is 16.2. The van der Waals surface area contributed by atoms with Crippen LogP contribution >= 0.6 is 0 Å². The molecule has 1 amide bonds. The van der Waals surface area contributed by atoms with Crippen molar-refractivity contribution in [1.82, 2.24) is 19.9 Å². The second kappa shape index (κ2) is 7.43. The number of benzene rings is 1. The Hall–Kier alpha value is -2.21. The lowest BCUT2D eigenvalue weighted by Crippen LogP contribution is -2.53. The van der Waals surface area contributed by atoms with Crippen LogP contribution in [-0.4, -0.2) is 52.0 Å². The average Bonchev–Trinajstić information content (AvgIpc) is 3.11. The highest BCUT2D eigenvalue weighted by Gasteiger charge is 2.45. The summed E-state index contributed by atoms with van der Waals surface area (Å²) >= 11 is 0. The minimum atomic E-state index is -0.00805. The first kappa shape index (κ1) is 18.2. The number of hydrogen-bond acceptors (Lipinski definition) is 5. The monoisotopic (exact) mass is 368 g/mol. The van der Waals surface area contributed by atoms with E-state index in [0.717, 1.165) is 63.4 Å². The van der Waals surface area contributed by atoms with Crippen LogP contribution in [0.5, 0.6) is 0 Å². The van der Waals surface area contributed by atoms with Gasteiger partial charge < -0.3 is 9.42 Å². The smallest absolute Gasteiger partial charge is 0.230 e. The minimum Gasteiger partial charge on any atom is -0.342 e. The van der Waals surface area contributed by atoms with Crippen LogP contribution in [0.4, 0.5) is 0 Å². The van der Waals surface area contributed by atoms with E-state index in [-0.39, 0.29) is 11.3 Å². The van der Waals surface area contributed by atoms with E-state index in [4.69, 9.17) is 4.52 Å². The Balaban J connectivity index is 1.47. The number of rotatable bonds is 4. The van der Waals surface area contributed by atoms with Crippen molar-refractivity contribution in [3.8, 4) is 0 Å². The number of nitrogens with zero attached hydrogens (tertiary/aromatic N) is 4. The number of hydrogen-bond donors (Lipinski definition) is 0. The van der Waals surface area contributed by atoms with Gasteiger partial charge in [0.25, 0.3) is 0 Å². The number of aryl methyl sites for hydroxylation is 1. The molecule has 6 heteroatoms. The van der Waals surface area contributed by atoms with Crippen LogP contribution in [-0.2, 0) is 11.3 Å². The number of carbonyl (C=O) groups excluding carboxylic acids is 1. The molecule has 2 saturated heterocycles. The van der Waals surface area contributed by atoms with Gasteiger partial charge in [-0.2, -0.15) is 4.98 Å². The van der Waals surface area contributed by atoms with Crippen molar-refractivity contribution in [3.05, 3.63) is 47.6 Å². The summed E-state index contributed by atoms with van der Waals surface area (Å²) in [6, 6.07) is 10.3. The summed E-state index contributed by atoms with van der Waals surface area (Å²) in [6.07, 6.45) is 3.18. The van der Waals surface area contributed by atoms with E-state index in [1.54, 1.807) is 0 Å². The fraction of sp³-hybridized carbons (Fsp3) is 0.571. The van der Waals surface area contributed by atoms with Gasteiger partial charge in [0.2, 0.25) is 11.8 Å². The van der Waals surface area contributed by atoms with E-state index in [1.165, 1.54) is 0 Å². The van der Waals surface area contributed by atoms with Gasteiger partial charge >= 0.3 is 0 Å². The van der Waals surface area contributed by atoms with Crippen LogP contribution in [0.2, 0.25) is 0 Å². The molecule has 4 rings (SSSR count). The molecule has 1 spiro atoms. The first-order valence-corrected chi connectivity index (χ1v) is 9.94. The van der Waals surface area contributed by atoms with E-state index in [9.17, 15) is 4.79 Å². The molecule has 1 aromatic heterocycles. The summed E-state index contributed by atoms with van der Waals surface area (Å²) in [6.45, 7) is 8.36. The molecule has 1 aromatic carbocycles. The van der Waals surface area contributed by atoms with Crippen molar-refractivity contribution in [2.75, 3.05) is 26.2 Å². The van der Waals surface area contributed by atoms with Gasteiger partial charge in [-0.25, -0.2) is 0 Å². The van der Waals surface area contributed by atoms with E-state index in [0.29, 0.717) is 11.8 Å². The summed E-state index contributed by atoms with van der Waals surface area (Å²) in [4.78, 5) is 21.8. The SMILES string of the molecule is CCN1CC2(CCN(Cc3noc(C)n3)CC2)C[C@@H](c2ccccc2)C1=O. The average molecular weight is 368 g/mol. The molecule has 27 heavy (non-hydrogen) atoms. The third-order valence-electron chi connectivity index (χ3n) is 6.21. The zero-order valence-electron chi connectivity index (χ0n) is 16.2. The van der Waals surface area contributed by atoms with Crippen molar-refractivity contribution < 1.29 is 9.32 Å². The van der Waals surface area contributed by atoms with Crippen LogP contribution in [0.1, 0.15) is 49.4 Å². The third kappa shape index (κ3) is 3.76. The zero-order chi connectivity index (χ0) is 18.9. The minimum absolute atomic E-state index is 0.00805. The highest BCUT2D eigenvalue weighted by atomic mass is 16.5. The second-order valence-corrected chi connectivity index (χ2v) is 8.03. The fourth-order valence-corrected chi connectivity index (χ4v) is 4.65. The predicted molar refractivity (Wildman–Crippen MR) is 102 cm³/mol.